The van der Waals surface area contributed by atoms with Gasteiger partial charge in [-0.15, -0.1) is 11.3 Å². The van der Waals surface area contributed by atoms with Crippen LogP contribution in [0.1, 0.15) is 27.7 Å². The van der Waals surface area contributed by atoms with Crippen molar-refractivity contribution in [2.24, 2.45) is 0 Å². The largest absolute Gasteiger partial charge is 0.311 e. The topological polar surface area (TPSA) is 43.4 Å². The molecule has 0 fully saturated rings. The Morgan fingerprint density at radius 2 is 1.88 bits per heavy atom. The summed E-state index contributed by atoms with van der Waals surface area (Å²) >= 11 is 12.8. The third kappa shape index (κ3) is 5.48. The van der Waals surface area contributed by atoms with E-state index >= 15 is 0 Å². The minimum Gasteiger partial charge on any atom is -0.311 e. The summed E-state index contributed by atoms with van der Waals surface area (Å²) in [6.45, 7) is 4.91. The zero-order valence-electron chi connectivity index (χ0n) is 13.7. The molecule has 1 N–H and O–H groups in total. The van der Waals surface area contributed by atoms with Crippen molar-refractivity contribution >= 4 is 46.5 Å². The third-order valence-electron chi connectivity index (χ3n) is 2.65. The average Bonchev–Trinajstić information content (AvgIpc) is 2.87. The number of anilines is 1. The van der Waals surface area contributed by atoms with Gasteiger partial charge in [-0.2, -0.15) is 0 Å². The van der Waals surface area contributed by atoms with Gasteiger partial charge in [0.2, 0.25) is 0 Å². The molecule has 0 bridgehead atoms. The Balaban J connectivity index is 2.22. The molecule has 0 aliphatic heterocycles. The zero-order chi connectivity index (χ0) is 17.9. The second-order valence-electron chi connectivity index (χ2n) is 5.58. The van der Waals surface area contributed by atoms with Crippen molar-refractivity contribution in [2.45, 2.75) is 39.9 Å². The van der Waals surface area contributed by atoms with E-state index in [2.05, 4.69) is 10.1 Å². The smallest absolute Gasteiger partial charge is 0.289 e. The molecule has 0 unspecified atom stereocenters. The standard InChI is InChI=1S/C15H19ClFN2O2PS2/c1-9(2)20-22(23,21-10(3)4)19-15-18-14(8-24-15)11-5-6-13(17)12(16)7-11/h5-10H,1-4H3,(H,18,19,23). The molecule has 0 spiro atoms. The van der Waals surface area contributed by atoms with Crippen molar-refractivity contribution in [3.05, 3.63) is 34.4 Å². The van der Waals surface area contributed by atoms with Crippen LogP contribution in [0.3, 0.4) is 0 Å². The maximum absolute atomic E-state index is 13.3. The minimum absolute atomic E-state index is 0.0615. The van der Waals surface area contributed by atoms with Gasteiger partial charge in [0.25, 0.3) is 6.64 Å². The lowest BCUT2D eigenvalue weighted by Crippen LogP contribution is -2.12. The molecule has 132 valence electrons. The fourth-order valence-electron chi connectivity index (χ4n) is 1.86. The van der Waals surface area contributed by atoms with Gasteiger partial charge in [0, 0.05) is 10.9 Å². The molecule has 0 radical (unpaired) electrons. The number of halogens is 2. The molecule has 1 aromatic carbocycles. The fourth-order valence-corrected chi connectivity index (χ4v) is 6.19. The van der Waals surface area contributed by atoms with E-state index in [-0.39, 0.29) is 17.2 Å². The van der Waals surface area contributed by atoms with Gasteiger partial charge >= 0.3 is 0 Å². The van der Waals surface area contributed by atoms with E-state index in [0.717, 1.165) is 5.56 Å². The van der Waals surface area contributed by atoms with Gasteiger partial charge in [-0.1, -0.05) is 11.6 Å². The van der Waals surface area contributed by atoms with Crippen molar-refractivity contribution < 1.29 is 13.4 Å². The Morgan fingerprint density at radius 3 is 2.42 bits per heavy atom. The van der Waals surface area contributed by atoms with E-state index in [1.165, 1.54) is 17.4 Å². The molecule has 4 nitrogen and oxygen atoms in total. The van der Waals surface area contributed by atoms with E-state index in [1.54, 1.807) is 12.1 Å². The van der Waals surface area contributed by atoms with E-state index in [4.69, 9.17) is 32.5 Å². The Hall–Kier alpha value is -0.560. The van der Waals surface area contributed by atoms with E-state index in [0.29, 0.717) is 10.8 Å². The molecule has 0 atom stereocenters. The van der Waals surface area contributed by atoms with Gasteiger partial charge in [0.15, 0.2) is 5.13 Å². The van der Waals surface area contributed by atoms with Gasteiger partial charge in [-0.3, -0.25) is 5.09 Å². The molecule has 2 rings (SSSR count). The van der Waals surface area contributed by atoms with Gasteiger partial charge in [0.1, 0.15) is 5.82 Å². The van der Waals surface area contributed by atoms with Gasteiger partial charge in [-0.25, -0.2) is 9.37 Å². The highest BCUT2D eigenvalue weighted by Gasteiger charge is 2.24. The van der Waals surface area contributed by atoms with Crippen LogP contribution in [0.2, 0.25) is 5.02 Å². The molecule has 0 amide bonds. The summed E-state index contributed by atoms with van der Waals surface area (Å²) in [6.07, 6.45) is -0.144. The molecular formula is C15H19ClFN2O2PS2. The maximum Gasteiger partial charge on any atom is 0.289 e. The first kappa shape index (κ1) is 19.8. The molecule has 0 saturated heterocycles. The molecule has 1 aromatic heterocycles. The first-order valence-electron chi connectivity index (χ1n) is 7.34. The average molecular weight is 409 g/mol. The lowest BCUT2D eigenvalue weighted by atomic mass is 10.2. The van der Waals surface area contributed by atoms with E-state index in [9.17, 15) is 4.39 Å². The Morgan fingerprint density at radius 1 is 1.25 bits per heavy atom. The number of nitrogens with one attached hydrogen (secondary N) is 1. The summed E-state index contributed by atoms with van der Waals surface area (Å²) in [5.74, 6) is -0.458. The fraction of sp³-hybridized carbons (Fsp3) is 0.400. The number of benzene rings is 1. The highest BCUT2D eigenvalue weighted by atomic mass is 35.5. The molecule has 24 heavy (non-hydrogen) atoms. The van der Waals surface area contributed by atoms with Crippen LogP contribution in [0, 0.1) is 5.82 Å². The van der Waals surface area contributed by atoms with Crippen LogP contribution in [0.5, 0.6) is 0 Å². The minimum atomic E-state index is -2.70. The van der Waals surface area contributed by atoms with Crippen LogP contribution >= 0.6 is 29.6 Å². The Bertz CT molecular complexity index is 741. The molecule has 2 aromatic rings. The van der Waals surface area contributed by atoms with Crippen molar-refractivity contribution in [3.8, 4) is 11.3 Å². The Kier molecular flexibility index (Phi) is 6.76. The molecule has 0 aliphatic rings. The summed E-state index contributed by atoms with van der Waals surface area (Å²) in [4.78, 5) is 4.48. The van der Waals surface area contributed by atoms with E-state index in [1.807, 2.05) is 33.1 Å². The number of rotatable bonds is 7. The predicted octanol–water partition coefficient (Wildman–Crippen LogP) is 6.09. The van der Waals surface area contributed by atoms with Crippen LogP contribution in [-0.4, -0.2) is 17.2 Å². The molecule has 0 saturated carbocycles. The highest BCUT2D eigenvalue weighted by Crippen LogP contribution is 2.51. The number of thiazole rings is 1. The zero-order valence-corrected chi connectivity index (χ0v) is 17.0. The lowest BCUT2D eigenvalue weighted by molar-refractivity contribution is 0.178. The van der Waals surface area contributed by atoms with Gasteiger partial charge in [0.05, 0.1) is 22.9 Å². The van der Waals surface area contributed by atoms with Crippen molar-refractivity contribution in [1.82, 2.24) is 4.98 Å². The summed E-state index contributed by atoms with van der Waals surface area (Å²) in [5.41, 5.74) is 1.41. The second kappa shape index (κ2) is 8.21. The highest BCUT2D eigenvalue weighted by molar-refractivity contribution is 8.10. The summed E-state index contributed by atoms with van der Waals surface area (Å²) < 4.78 is 24.9. The van der Waals surface area contributed by atoms with Gasteiger partial charge in [-0.05, 0) is 57.7 Å². The van der Waals surface area contributed by atoms with Crippen molar-refractivity contribution in [3.63, 3.8) is 0 Å². The van der Waals surface area contributed by atoms with Gasteiger partial charge < -0.3 is 9.05 Å². The van der Waals surface area contributed by atoms with Crippen LogP contribution in [0.25, 0.3) is 11.3 Å². The SMILES string of the molecule is CC(C)OP(=S)(Nc1nc(-c2ccc(F)c(Cl)c2)cs1)OC(C)C. The summed E-state index contributed by atoms with van der Waals surface area (Å²) in [6, 6.07) is 4.49. The molecule has 0 aliphatic carbocycles. The predicted molar refractivity (Wildman–Crippen MR) is 103 cm³/mol. The number of nitrogens with zero attached hydrogens (tertiary/aromatic N) is 1. The summed E-state index contributed by atoms with van der Waals surface area (Å²) in [7, 11) is 0. The Labute approximate surface area is 155 Å². The molecular weight excluding hydrogens is 390 g/mol. The normalized spacial score (nSPS) is 12.2. The van der Waals surface area contributed by atoms with Crippen molar-refractivity contribution in [1.29, 1.82) is 0 Å². The van der Waals surface area contributed by atoms with Crippen LogP contribution in [0.4, 0.5) is 9.52 Å². The van der Waals surface area contributed by atoms with Crippen LogP contribution in [-0.2, 0) is 20.9 Å². The van der Waals surface area contributed by atoms with Crippen LogP contribution < -0.4 is 5.09 Å². The van der Waals surface area contributed by atoms with Crippen LogP contribution in [0.15, 0.2) is 23.6 Å². The monoisotopic (exact) mass is 408 g/mol. The molecule has 9 heteroatoms. The first-order valence-corrected chi connectivity index (χ1v) is 11.2. The third-order valence-corrected chi connectivity index (χ3v) is 6.52. The van der Waals surface area contributed by atoms with Crippen molar-refractivity contribution in [2.75, 3.05) is 5.09 Å². The second-order valence-corrected chi connectivity index (χ2v) is 9.93. The molecule has 1 heterocycles. The number of hydrogen-bond donors (Lipinski definition) is 1. The number of aromatic nitrogens is 1. The quantitative estimate of drug-likeness (QED) is 0.561. The lowest BCUT2D eigenvalue weighted by Gasteiger charge is -2.26. The van der Waals surface area contributed by atoms with E-state index < -0.39 is 12.5 Å². The first-order chi connectivity index (χ1) is 11.2. The summed E-state index contributed by atoms with van der Waals surface area (Å²) in [5, 5.41) is 5.61. The number of hydrogen-bond acceptors (Lipinski definition) is 5. The maximum atomic E-state index is 13.3.